The summed E-state index contributed by atoms with van der Waals surface area (Å²) in [6.07, 6.45) is 3.80. The monoisotopic (exact) mass is 408 g/mol. The molecule has 0 radical (unpaired) electrons. The quantitative estimate of drug-likeness (QED) is 0.630. The number of hydrogen-bond donors (Lipinski definition) is 0. The Morgan fingerprint density at radius 1 is 1.00 bits per heavy atom. The SMILES string of the molecule is c1ccc2c(N3CCC(CCN4CCOCC4)CC3)nc(-c3ccsc3)nc2c1. The highest BCUT2D eigenvalue weighted by Crippen LogP contribution is 2.31. The molecule has 2 aromatic heterocycles. The summed E-state index contributed by atoms with van der Waals surface area (Å²) in [5.41, 5.74) is 2.15. The van der Waals surface area contributed by atoms with Crippen LogP contribution in [0.15, 0.2) is 41.1 Å². The van der Waals surface area contributed by atoms with Crippen LogP contribution in [0.5, 0.6) is 0 Å². The molecule has 29 heavy (non-hydrogen) atoms. The number of anilines is 1. The van der Waals surface area contributed by atoms with Crippen molar-refractivity contribution in [3.63, 3.8) is 0 Å². The molecular weight excluding hydrogens is 380 g/mol. The molecule has 2 fully saturated rings. The van der Waals surface area contributed by atoms with E-state index in [2.05, 4.69) is 50.9 Å². The number of benzene rings is 1. The summed E-state index contributed by atoms with van der Waals surface area (Å²) >= 11 is 1.69. The van der Waals surface area contributed by atoms with Crippen LogP contribution in [0.25, 0.3) is 22.3 Å². The van der Waals surface area contributed by atoms with Crippen LogP contribution in [0.3, 0.4) is 0 Å². The fraction of sp³-hybridized carbons (Fsp3) is 0.478. The van der Waals surface area contributed by atoms with E-state index in [-0.39, 0.29) is 0 Å². The Bertz CT molecular complexity index is 931. The molecule has 3 aromatic rings. The van der Waals surface area contributed by atoms with Gasteiger partial charge in [-0.2, -0.15) is 11.3 Å². The van der Waals surface area contributed by atoms with Crippen LogP contribution in [0.2, 0.25) is 0 Å². The van der Waals surface area contributed by atoms with Crippen molar-refractivity contribution in [2.45, 2.75) is 19.3 Å². The number of rotatable bonds is 5. The minimum absolute atomic E-state index is 0.818. The van der Waals surface area contributed by atoms with Crippen LogP contribution in [0, 0.1) is 5.92 Å². The van der Waals surface area contributed by atoms with Gasteiger partial charge >= 0.3 is 0 Å². The van der Waals surface area contributed by atoms with E-state index in [0.29, 0.717) is 0 Å². The van der Waals surface area contributed by atoms with Crippen LogP contribution in [-0.2, 0) is 4.74 Å². The molecule has 5 nitrogen and oxygen atoms in total. The lowest BCUT2D eigenvalue weighted by atomic mass is 9.93. The summed E-state index contributed by atoms with van der Waals surface area (Å²) < 4.78 is 5.47. The van der Waals surface area contributed by atoms with E-state index in [1.807, 2.05) is 0 Å². The second-order valence-electron chi connectivity index (χ2n) is 8.07. The highest BCUT2D eigenvalue weighted by atomic mass is 32.1. The smallest absolute Gasteiger partial charge is 0.162 e. The molecule has 4 heterocycles. The van der Waals surface area contributed by atoms with Crippen molar-refractivity contribution in [2.75, 3.05) is 50.8 Å². The molecule has 1 aromatic carbocycles. The third-order valence-corrected chi connectivity index (χ3v) is 6.92. The summed E-state index contributed by atoms with van der Waals surface area (Å²) in [7, 11) is 0. The molecule has 2 aliphatic rings. The van der Waals surface area contributed by atoms with E-state index in [9.17, 15) is 0 Å². The van der Waals surface area contributed by atoms with Gasteiger partial charge in [0.05, 0.1) is 18.7 Å². The molecule has 5 rings (SSSR count). The lowest BCUT2D eigenvalue weighted by molar-refractivity contribution is 0.0349. The zero-order valence-electron chi connectivity index (χ0n) is 16.8. The number of fused-ring (bicyclic) bond motifs is 1. The van der Waals surface area contributed by atoms with Crippen molar-refractivity contribution in [2.24, 2.45) is 5.92 Å². The highest BCUT2D eigenvalue weighted by molar-refractivity contribution is 7.08. The maximum absolute atomic E-state index is 5.47. The van der Waals surface area contributed by atoms with Crippen molar-refractivity contribution < 1.29 is 4.74 Å². The average molecular weight is 409 g/mol. The number of morpholine rings is 1. The topological polar surface area (TPSA) is 41.5 Å². The van der Waals surface area contributed by atoms with E-state index in [4.69, 9.17) is 14.7 Å². The number of thiophene rings is 1. The van der Waals surface area contributed by atoms with E-state index in [1.165, 1.54) is 31.2 Å². The molecule has 0 saturated carbocycles. The van der Waals surface area contributed by atoms with Gasteiger partial charge in [-0.1, -0.05) is 12.1 Å². The van der Waals surface area contributed by atoms with Gasteiger partial charge in [0.25, 0.3) is 0 Å². The number of nitrogens with zero attached hydrogens (tertiary/aromatic N) is 4. The number of para-hydroxylation sites is 1. The summed E-state index contributed by atoms with van der Waals surface area (Å²) in [4.78, 5) is 14.9. The number of aromatic nitrogens is 2. The first kappa shape index (κ1) is 19.0. The Kier molecular flexibility index (Phi) is 5.74. The van der Waals surface area contributed by atoms with Crippen LogP contribution in [-0.4, -0.2) is 60.8 Å². The molecule has 2 aliphatic heterocycles. The van der Waals surface area contributed by atoms with Gasteiger partial charge in [-0.05, 0) is 55.3 Å². The molecule has 6 heteroatoms. The maximum atomic E-state index is 5.47. The second kappa shape index (κ2) is 8.78. The number of hydrogen-bond acceptors (Lipinski definition) is 6. The van der Waals surface area contributed by atoms with E-state index >= 15 is 0 Å². The third kappa shape index (κ3) is 4.29. The summed E-state index contributed by atoms with van der Waals surface area (Å²) in [6.45, 7) is 7.36. The maximum Gasteiger partial charge on any atom is 0.162 e. The highest BCUT2D eigenvalue weighted by Gasteiger charge is 2.23. The largest absolute Gasteiger partial charge is 0.379 e. The normalized spacial score (nSPS) is 19.1. The van der Waals surface area contributed by atoms with Crippen LogP contribution in [0.1, 0.15) is 19.3 Å². The number of ether oxygens (including phenoxy) is 1. The summed E-state index contributed by atoms with van der Waals surface area (Å²) in [5, 5.41) is 5.39. The third-order valence-electron chi connectivity index (χ3n) is 6.23. The van der Waals surface area contributed by atoms with Crippen LogP contribution in [0.4, 0.5) is 5.82 Å². The van der Waals surface area contributed by atoms with Gasteiger partial charge in [0, 0.05) is 42.5 Å². The van der Waals surface area contributed by atoms with Gasteiger partial charge in [-0.25, -0.2) is 9.97 Å². The van der Waals surface area contributed by atoms with Gasteiger partial charge < -0.3 is 9.64 Å². The van der Waals surface area contributed by atoms with Gasteiger partial charge in [-0.3, -0.25) is 4.90 Å². The molecular formula is C23H28N4OS. The molecule has 0 atom stereocenters. The van der Waals surface area contributed by atoms with Crippen LogP contribution < -0.4 is 4.90 Å². The predicted molar refractivity (Wildman–Crippen MR) is 120 cm³/mol. The zero-order valence-corrected chi connectivity index (χ0v) is 17.6. The Morgan fingerprint density at radius 3 is 2.62 bits per heavy atom. The first-order chi connectivity index (χ1) is 14.4. The van der Waals surface area contributed by atoms with Crippen molar-refractivity contribution in [3.8, 4) is 11.4 Å². The molecule has 152 valence electrons. The summed E-state index contributed by atoms with van der Waals surface area (Å²) in [5.74, 6) is 2.76. The Hall–Kier alpha value is -2.02. The fourth-order valence-corrected chi connectivity index (χ4v) is 5.08. The van der Waals surface area contributed by atoms with Crippen LogP contribution >= 0.6 is 11.3 Å². The van der Waals surface area contributed by atoms with Gasteiger partial charge in [-0.15, -0.1) is 0 Å². The first-order valence-electron chi connectivity index (χ1n) is 10.7. The predicted octanol–water partition coefficient (Wildman–Crippen LogP) is 4.30. The average Bonchev–Trinajstić information content (AvgIpc) is 3.33. The molecule has 0 unspecified atom stereocenters. The fourth-order valence-electron chi connectivity index (χ4n) is 4.45. The molecule has 0 spiro atoms. The van der Waals surface area contributed by atoms with E-state index < -0.39 is 0 Å². The second-order valence-corrected chi connectivity index (χ2v) is 8.85. The Labute approximate surface area is 176 Å². The molecule has 2 saturated heterocycles. The molecule has 0 amide bonds. The van der Waals surface area contributed by atoms with Crippen molar-refractivity contribution in [1.82, 2.24) is 14.9 Å². The molecule has 0 bridgehead atoms. The van der Waals surface area contributed by atoms with Gasteiger partial charge in [0.2, 0.25) is 0 Å². The molecule has 0 N–H and O–H groups in total. The standard InChI is InChI=1S/C23H28N4OS/c1-2-4-21-20(3-1)23(25-22(24-21)19-8-16-29-17-19)27-10-6-18(7-11-27)5-9-26-12-14-28-15-13-26/h1-4,8,16-18H,5-7,9-15H2. The lowest BCUT2D eigenvalue weighted by Crippen LogP contribution is -2.39. The van der Waals surface area contributed by atoms with Crippen molar-refractivity contribution in [1.29, 1.82) is 0 Å². The zero-order chi connectivity index (χ0) is 19.5. The Balaban J connectivity index is 1.30. The van der Waals surface area contributed by atoms with Crippen molar-refractivity contribution >= 4 is 28.1 Å². The van der Waals surface area contributed by atoms with Gasteiger partial charge in [0.15, 0.2) is 5.82 Å². The minimum atomic E-state index is 0.818. The van der Waals surface area contributed by atoms with Gasteiger partial charge in [0.1, 0.15) is 5.82 Å². The lowest BCUT2D eigenvalue weighted by Gasteiger charge is -2.35. The Morgan fingerprint density at radius 2 is 1.83 bits per heavy atom. The summed E-state index contributed by atoms with van der Waals surface area (Å²) in [6, 6.07) is 10.5. The van der Waals surface area contributed by atoms with E-state index in [0.717, 1.165) is 68.0 Å². The molecule has 0 aliphatic carbocycles. The van der Waals surface area contributed by atoms with E-state index in [1.54, 1.807) is 11.3 Å². The van der Waals surface area contributed by atoms with Crippen molar-refractivity contribution in [3.05, 3.63) is 41.1 Å². The minimum Gasteiger partial charge on any atom is -0.379 e. The first-order valence-corrected chi connectivity index (χ1v) is 11.7. The number of piperidine rings is 1.